The van der Waals surface area contributed by atoms with E-state index in [0.29, 0.717) is 17.9 Å². The molecule has 90 valence electrons. The third kappa shape index (κ3) is 2.55. The van der Waals surface area contributed by atoms with E-state index < -0.39 is 4.92 Å². The Kier molecular flexibility index (Phi) is 3.27. The van der Waals surface area contributed by atoms with E-state index >= 15 is 0 Å². The Hall–Kier alpha value is -2.04. The molecule has 1 aromatic rings. The lowest BCUT2D eigenvalue weighted by molar-refractivity contribution is -0.400. The number of hydrogen-bond donors (Lipinski definition) is 0. The predicted octanol–water partition coefficient (Wildman–Crippen LogP) is 2.27. The summed E-state index contributed by atoms with van der Waals surface area (Å²) in [5.41, 5.74) is 1.73. The molecule has 1 aromatic carbocycles. The molecule has 0 atom stereocenters. The van der Waals surface area contributed by atoms with Gasteiger partial charge in [-0.1, -0.05) is 0 Å². The predicted molar refractivity (Wildman–Crippen MR) is 62.8 cm³/mol. The lowest BCUT2D eigenvalue weighted by Crippen LogP contribution is -2.09. The second-order valence-electron chi connectivity index (χ2n) is 3.76. The van der Waals surface area contributed by atoms with Crippen molar-refractivity contribution in [3.63, 3.8) is 0 Å². The molecule has 0 unspecified atom stereocenters. The van der Waals surface area contributed by atoms with Gasteiger partial charge in [-0.25, -0.2) is 0 Å². The highest BCUT2D eigenvalue weighted by Crippen LogP contribution is 2.34. The highest BCUT2D eigenvalue weighted by molar-refractivity contribution is 5.62. The third-order valence-corrected chi connectivity index (χ3v) is 2.62. The van der Waals surface area contributed by atoms with Crippen molar-refractivity contribution < 1.29 is 14.4 Å². The standard InChI is InChI=1S/C12H13NO4/c1-16-11-7-9-3-2-6-17-12(9)10(8-11)4-5-13(14)15/h4-5,7-8H,2-3,6H2,1H3/b5-4+. The summed E-state index contributed by atoms with van der Waals surface area (Å²) in [6.07, 6.45) is 4.21. The van der Waals surface area contributed by atoms with Gasteiger partial charge in [0.2, 0.25) is 6.20 Å². The molecule has 0 spiro atoms. The molecule has 5 heteroatoms. The number of rotatable bonds is 3. The Bertz CT molecular complexity index is 468. The van der Waals surface area contributed by atoms with Crippen LogP contribution in [0.25, 0.3) is 6.08 Å². The van der Waals surface area contributed by atoms with E-state index in [1.54, 1.807) is 13.2 Å². The molecule has 0 bridgehead atoms. The van der Waals surface area contributed by atoms with E-state index in [4.69, 9.17) is 9.47 Å². The third-order valence-electron chi connectivity index (χ3n) is 2.62. The Morgan fingerprint density at radius 1 is 1.53 bits per heavy atom. The minimum atomic E-state index is -0.491. The van der Waals surface area contributed by atoms with E-state index in [1.807, 2.05) is 6.07 Å². The van der Waals surface area contributed by atoms with Gasteiger partial charge in [-0.15, -0.1) is 0 Å². The molecule has 0 saturated heterocycles. The van der Waals surface area contributed by atoms with E-state index in [-0.39, 0.29) is 0 Å². The van der Waals surface area contributed by atoms with Gasteiger partial charge in [0.25, 0.3) is 0 Å². The summed E-state index contributed by atoms with van der Waals surface area (Å²) in [5, 5.41) is 10.3. The van der Waals surface area contributed by atoms with Crippen molar-refractivity contribution in [1.82, 2.24) is 0 Å². The second-order valence-corrected chi connectivity index (χ2v) is 3.76. The molecule has 0 saturated carbocycles. The van der Waals surface area contributed by atoms with Crippen molar-refractivity contribution in [3.05, 3.63) is 39.6 Å². The highest BCUT2D eigenvalue weighted by atomic mass is 16.6. The van der Waals surface area contributed by atoms with Crippen LogP contribution in [0, 0.1) is 10.1 Å². The van der Waals surface area contributed by atoms with Crippen LogP contribution in [0.3, 0.4) is 0 Å². The number of benzene rings is 1. The summed E-state index contributed by atoms with van der Waals surface area (Å²) in [4.78, 5) is 9.85. The topological polar surface area (TPSA) is 61.6 Å². The van der Waals surface area contributed by atoms with Gasteiger partial charge >= 0.3 is 0 Å². The Morgan fingerprint density at radius 3 is 3.06 bits per heavy atom. The van der Waals surface area contributed by atoms with Crippen LogP contribution in [0.15, 0.2) is 18.3 Å². The molecule has 0 N–H and O–H groups in total. The van der Waals surface area contributed by atoms with E-state index in [9.17, 15) is 10.1 Å². The van der Waals surface area contributed by atoms with Gasteiger partial charge in [0.1, 0.15) is 11.5 Å². The van der Waals surface area contributed by atoms with Gasteiger partial charge in [-0.3, -0.25) is 10.1 Å². The van der Waals surface area contributed by atoms with Gasteiger partial charge < -0.3 is 9.47 Å². The van der Waals surface area contributed by atoms with Gasteiger partial charge in [-0.2, -0.15) is 0 Å². The van der Waals surface area contributed by atoms with Crippen molar-refractivity contribution >= 4 is 6.08 Å². The fourth-order valence-corrected chi connectivity index (χ4v) is 1.86. The van der Waals surface area contributed by atoms with Crippen molar-refractivity contribution in [2.24, 2.45) is 0 Å². The van der Waals surface area contributed by atoms with E-state index in [2.05, 4.69) is 0 Å². The maximum Gasteiger partial charge on any atom is 0.235 e. The first-order chi connectivity index (χ1) is 8.20. The van der Waals surface area contributed by atoms with Crippen LogP contribution in [0.4, 0.5) is 0 Å². The SMILES string of the molecule is COc1cc(/C=C/[N+](=O)[O-])c2c(c1)CCCO2. The van der Waals surface area contributed by atoms with E-state index in [0.717, 1.165) is 30.4 Å². The molecule has 0 radical (unpaired) electrons. The molecule has 0 fully saturated rings. The number of nitro groups is 1. The van der Waals surface area contributed by atoms with Crippen LogP contribution in [0.2, 0.25) is 0 Å². The molecule has 0 aliphatic carbocycles. The smallest absolute Gasteiger partial charge is 0.235 e. The molecular weight excluding hydrogens is 222 g/mol. The number of ether oxygens (including phenoxy) is 2. The van der Waals surface area contributed by atoms with Crippen LogP contribution in [0.5, 0.6) is 11.5 Å². The van der Waals surface area contributed by atoms with Gasteiger partial charge in [-0.05, 0) is 30.5 Å². The minimum absolute atomic E-state index is 0.491. The maximum atomic E-state index is 10.3. The van der Waals surface area contributed by atoms with Crippen LogP contribution >= 0.6 is 0 Å². The first kappa shape index (κ1) is 11.4. The summed E-state index contributed by atoms with van der Waals surface area (Å²) < 4.78 is 10.7. The zero-order chi connectivity index (χ0) is 12.3. The molecule has 1 heterocycles. The minimum Gasteiger partial charge on any atom is -0.497 e. The number of fused-ring (bicyclic) bond motifs is 1. The van der Waals surface area contributed by atoms with Crippen molar-refractivity contribution in [3.8, 4) is 11.5 Å². The average Bonchev–Trinajstić information content (AvgIpc) is 2.35. The number of aryl methyl sites for hydroxylation is 1. The van der Waals surface area contributed by atoms with Gasteiger partial charge in [0.05, 0.1) is 18.6 Å². The summed E-state index contributed by atoms with van der Waals surface area (Å²) in [6, 6.07) is 3.65. The number of methoxy groups -OCH3 is 1. The summed E-state index contributed by atoms with van der Waals surface area (Å²) in [5.74, 6) is 1.42. The lowest BCUT2D eigenvalue weighted by atomic mass is 10.0. The Labute approximate surface area is 98.8 Å². The van der Waals surface area contributed by atoms with Crippen LogP contribution in [-0.2, 0) is 6.42 Å². The molecule has 0 amide bonds. The Balaban J connectivity index is 2.44. The quantitative estimate of drug-likeness (QED) is 0.595. The first-order valence-electron chi connectivity index (χ1n) is 5.36. The van der Waals surface area contributed by atoms with Crippen LogP contribution in [-0.4, -0.2) is 18.6 Å². The lowest BCUT2D eigenvalue weighted by Gasteiger charge is -2.20. The van der Waals surface area contributed by atoms with Crippen molar-refractivity contribution in [1.29, 1.82) is 0 Å². The van der Waals surface area contributed by atoms with Gasteiger partial charge in [0.15, 0.2) is 0 Å². The molecule has 17 heavy (non-hydrogen) atoms. The van der Waals surface area contributed by atoms with Crippen LogP contribution < -0.4 is 9.47 Å². The normalized spacial score (nSPS) is 14.2. The molecule has 1 aliphatic heterocycles. The molecular formula is C12H13NO4. The first-order valence-corrected chi connectivity index (χ1v) is 5.36. The van der Waals surface area contributed by atoms with Crippen LogP contribution in [0.1, 0.15) is 17.5 Å². The van der Waals surface area contributed by atoms with Gasteiger partial charge in [0, 0.05) is 11.6 Å². The maximum absolute atomic E-state index is 10.3. The largest absolute Gasteiger partial charge is 0.497 e. The van der Waals surface area contributed by atoms with E-state index in [1.165, 1.54) is 6.08 Å². The molecule has 2 rings (SSSR count). The summed E-state index contributed by atoms with van der Waals surface area (Å²) >= 11 is 0. The fourth-order valence-electron chi connectivity index (χ4n) is 1.86. The number of hydrogen-bond acceptors (Lipinski definition) is 4. The van der Waals surface area contributed by atoms with Crippen molar-refractivity contribution in [2.75, 3.05) is 13.7 Å². The monoisotopic (exact) mass is 235 g/mol. The molecule has 0 aromatic heterocycles. The summed E-state index contributed by atoms with van der Waals surface area (Å²) in [6.45, 7) is 0.651. The average molecular weight is 235 g/mol. The second kappa shape index (κ2) is 4.86. The molecule has 1 aliphatic rings. The van der Waals surface area contributed by atoms with Crippen molar-refractivity contribution in [2.45, 2.75) is 12.8 Å². The number of nitrogens with zero attached hydrogens (tertiary/aromatic N) is 1. The fraction of sp³-hybridized carbons (Fsp3) is 0.333. The highest BCUT2D eigenvalue weighted by Gasteiger charge is 2.15. The Morgan fingerprint density at radius 2 is 2.35 bits per heavy atom. The molecule has 5 nitrogen and oxygen atoms in total. The zero-order valence-electron chi connectivity index (χ0n) is 9.51. The zero-order valence-corrected chi connectivity index (χ0v) is 9.51. The summed E-state index contributed by atoms with van der Waals surface area (Å²) in [7, 11) is 1.58.